The van der Waals surface area contributed by atoms with Gasteiger partial charge in [0.15, 0.2) is 0 Å². The zero-order chi connectivity index (χ0) is 13.7. The van der Waals surface area contributed by atoms with E-state index in [0.29, 0.717) is 24.3 Å². The van der Waals surface area contributed by atoms with Gasteiger partial charge in [-0.15, -0.1) is 0 Å². The smallest absolute Gasteiger partial charge is 0.232 e. The van der Waals surface area contributed by atoms with Crippen molar-refractivity contribution < 1.29 is 14.4 Å². The molecule has 0 amide bonds. The van der Waals surface area contributed by atoms with Gasteiger partial charge in [0.05, 0.1) is 13.0 Å². The van der Waals surface area contributed by atoms with Crippen LogP contribution in [0.15, 0.2) is 29.4 Å². The Morgan fingerprint density at radius 2 is 2.26 bits per heavy atom. The number of ether oxygens (including phenoxy) is 1. The van der Waals surface area contributed by atoms with E-state index < -0.39 is 6.29 Å². The third-order valence-corrected chi connectivity index (χ3v) is 3.09. The van der Waals surface area contributed by atoms with Crippen LogP contribution in [-0.4, -0.2) is 24.4 Å². The summed E-state index contributed by atoms with van der Waals surface area (Å²) in [5, 5.41) is 3.86. The second kappa shape index (κ2) is 6.48. The van der Waals surface area contributed by atoms with E-state index in [1.807, 2.05) is 31.2 Å². The van der Waals surface area contributed by atoms with Crippen molar-refractivity contribution in [1.82, 2.24) is 0 Å². The van der Waals surface area contributed by atoms with Crippen molar-refractivity contribution in [1.29, 1.82) is 0 Å². The summed E-state index contributed by atoms with van der Waals surface area (Å²) in [5.41, 5.74) is 2.07. The van der Waals surface area contributed by atoms with E-state index in [0.717, 1.165) is 18.4 Å². The fraction of sp³-hybridized carbons (Fsp3) is 0.467. The minimum absolute atomic E-state index is 0.0697. The van der Waals surface area contributed by atoms with Crippen LogP contribution in [0.2, 0.25) is 0 Å². The first-order chi connectivity index (χ1) is 9.22. The van der Waals surface area contributed by atoms with Gasteiger partial charge in [-0.2, -0.15) is 0 Å². The Morgan fingerprint density at radius 3 is 3.00 bits per heavy atom. The predicted octanol–water partition coefficient (Wildman–Crippen LogP) is 3.10. The van der Waals surface area contributed by atoms with Crippen molar-refractivity contribution in [2.75, 3.05) is 6.61 Å². The van der Waals surface area contributed by atoms with Crippen molar-refractivity contribution >= 4 is 11.5 Å². The van der Waals surface area contributed by atoms with E-state index in [9.17, 15) is 4.79 Å². The highest BCUT2D eigenvalue weighted by Crippen LogP contribution is 2.17. The molecular formula is C15H19NO3. The summed E-state index contributed by atoms with van der Waals surface area (Å²) in [4.78, 5) is 17.4. The molecule has 4 heteroatoms. The molecule has 1 aliphatic rings. The lowest BCUT2D eigenvalue weighted by molar-refractivity contribution is -0.124. The lowest BCUT2D eigenvalue weighted by Crippen LogP contribution is -2.18. The Bertz CT molecular complexity index is 482. The van der Waals surface area contributed by atoms with Crippen LogP contribution in [0.1, 0.15) is 42.1 Å². The van der Waals surface area contributed by atoms with Crippen LogP contribution in [0.25, 0.3) is 0 Å². The molecule has 0 fully saturated rings. The summed E-state index contributed by atoms with van der Waals surface area (Å²) in [6.45, 7) is 4.66. The lowest BCUT2D eigenvalue weighted by Gasteiger charge is -2.08. The molecule has 1 heterocycles. The molecule has 1 aromatic rings. The molecule has 4 nitrogen and oxygen atoms in total. The van der Waals surface area contributed by atoms with E-state index in [4.69, 9.17) is 9.57 Å². The summed E-state index contributed by atoms with van der Waals surface area (Å²) in [7, 11) is 0. The molecule has 1 atom stereocenters. The van der Waals surface area contributed by atoms with Gasteiger partial charge in [0.25, 0.3) is 0 Å². The molecule has 0 aliphatic carbocycles. The fourth-order valence-corrected chi connectivity index (χ4v) is 1.92. The third-order valence-electron chi connectivity index (χ3n) is 3.09. The van der Waals surface area contributed by atoms with Gasteiger partial charge in [-0.1, -0.05) is 42.8 Å². The Balaban J connectivity index is 1.94. The SMILES string of the molecule is CCCCOC1CC(C(=O)c2ccccc2C)=NO1. The maximum absolute atomic E-state index is 12.3. The summed E-state index contributed by atoms with van der Waals surface area (Å²) in [5.74, 6) is -0.0697. The van der Waals surface area contributed by atoms with Crippen LogP contribution < -0.4 is 0 Å². The predicted molar refractivity (Wildman–Crippen MR) is 73.3 cm³/mol. The van der Waals surface area contributed by atoms with Crippen LogP contribution in [0.5, 0.6) is 0 Å². The summed E-state index contributed by atoms with van der Waals surface area (Å²) in [6.07, 6.45) is 2.08. The molecule has 0 saturated carbocycles. The highest BCUT2D eigenvalue weighted by Gasteiger charge is 2.27. The van der Waals surface area contributed by atoms with Crippen molar-refractivity contribution in [2.24, 2.45) is 5.16 Å². The summed E-state index contributed by atoms with van der Waals surface area (Å²) < 4.78 is 5.50. The molecule has 0 aromatic heterocycles. The number of Topliss-reactive ketones (excluding diaryl/α,β-unsaturated/α-hetero) is 1. The molecule has 0 N–H and O–H groups in total. The van der Waals surface area contributed by atoms with Gasteiger partial charge in [0, 0.05) is 5.56 Å². The average molecular weight is 261 g/mol. The number of aryl methyl sites for hydroxylation is 1. The van der Waals surface area contributed by atoms with E-state index in [-0.39, 0.29) is 5.78 Å². The molecule has 0 saturated heterocycles. The van der Waals surface area contributed by atoms with Crippen molar-refractivity contribution in [3.05, 3.63) is 35.4 Å². The standard InChI is InChI=1S/C15H19NO3/c1-3-4-9-18-14-10-13(16-19-14)15(17)12-8-6-5-7-11(12)2/h5-8,14H,3-4,9-10H2,1-2H3. The van der Waals surface area contributed by atoms with Crippen LogP contribution in [0.4, 0.5) is 0 Å². The van der Waals surface area contributed by atoms with Crippen LogP contribution in [-0.2, 0) is 9.57 Å². The number of carbonyl (C=O) groups excluding carboxylic acids is 1. The maximum atomic E-state index is 12.3. The van der Waals surface area contributed by atoms with Crippen LogP contribution in [0, 0.1) is 6.92 Å². The Hall–Kier alpha value is -1.68. The van der Waals surface area contributed by atoms with Gasteiger partial charge in [0.2, 0.25) is 12.1 Å². The van der Waals surface area contributed by atoms with Crippen LogP contribution >= 0.6 is 0 Å². The molecule has 1 aliphatic heterocycles. The van der Waals surface area contributed by atoms with Crippen molar-refractivity contribution in [2.45, 2.75) is 39.4 Å². The number of rotatable bonds is 6. The minimum atomic E-state index is -0.408. The van der Waals surface area contributed by atoms with E-state index in [1.54, 1.807) is 0 Å². The van der Waals surface area contributed by atoms with Gasteiger partial charge in [0.1, 0.15) is 5.71 Å². The highest BCUT2D eigenvalue weighted by atomic mass is 16.8. The van der Waals surface area contributed by atoms with Gasteiger partial charge < -0.3 is 9.57 Å². The van der Waals surface area contributed by atoms with E-state index in [2.05, 4.69) is 12.1 Å². The molecule has 0 radical (unpaired) electrons. The zero-order valence-electron chi connectivity index (χ0n) is 11.4. The Kier molecular flexibility index (Phi) is 4.68. The quantitative estimate of drug-likeness (QED) is 0.584. The molecule has 19 heavy (non-hydrogen) atoms. The second-order valence-electron chi connectivity index (χ2n) is 4.65. The van der Waals surface area contributed by atoms with Gasteiger partial charge in [-0.3, -0.25) is 4.79 Å². The van der Waals surface area contributed by atoms with Crippen molar-refractivity contribution in [3.63, 3.8) is 0 Å². The Labute approximate surface area is 113 Å². The van der Waals surface area contributed by atoms with Gasteiger partial charge >= 0.3 is 0 Å². The monoisotopic (exact) mass is 261 g/mol. The molecular weight excluding hydrogens is 242 g/mol. The molecule has 1 unspecified atom stereocenters. The highest BCUT2D eigenvalue weighted by molar-refractivity contribution is 6.46. The molecule has 0 bridgehead atoms. The number of unbranched alkanes of at least 4 members (excludes halogenated alkanes) is 1. The van der Waals surface area contributed by atoms with E-state index >= 15 is 0 Å². The number of oxime groups is 1. The minimum Gasteiger partial charge on any atom is -0.363 e. The largest absolute Gasteiger partial charge is 0.363 e. The van der Waals surface area contributed by atoms with E-state index in [1.165, 1.54) is 0 Å². The van der Waals surface area contributed by atoms with Gasteiger partial charge in [-0.25, -0.2) is 0 Å². The Morgan fingerprint density at radius 1 is 1.47 bits per heavy atom. The first-order valence-electron chi connectivity index (χ1n) is 6.67. The molecule has 102 valence electrons. The summed E-state index contributed by atoms with van der Waals surface area (Å²) in [6, 6.07) is 7.49. The number of benzene rings is 1. The molecule has 1 aromatic carbocycles. The molecule has 0 spiro atoms. The van der Waals surface area contributed by atoms with Gasteiger partial charge in [-0.05, 0) is 18.9 Å². The maximum Gasteiger partial charge on any atom is 0.232 e. The third kappa shape index (κ3) is 3.41. The normalized spacial score (nSPS) is 18.0. The number of carbonyl (C=O) groups is 1. The summed E-state index contributed by atoms with van der Waals surface area (Å²) >= 11 is 0. The number of hydrogen-bond acceptors (Lipinski definition) is 4. The topological polar surface area (TPSA) is 47.9 Å². The molecule has 2 rings (SSSR count). The number of ketones is 1. The van der Waals surface area contributed by atoms with Crippen LogP contribution in [0.3, 0.4) is 0 Å². The fourth-order valence-electron chi connectivity index (χ4n) is 1.92. The first kappa shape index (κ1) is 13.7. The average Bonchev–Trinajstić information content (AvgIpc) is 2.88. The number of nitrogens with zero attached hydrogens (tertiary/aromatic N) is 1. The lowest BCUT2D eigenvalue weighted by atomic mass is 10.0. The van der Waals surface area contributed by atoms with Crippen molar-refractivity contribution in [3.8, 4) is 0 Å². The first-order valence-corrected chi connectivity index (χ1v) is 6.67. The number of hydrogen-bond donors (Lipinski definition) is 0. The zero-order valence-corrected chi connectivity index (χ0v) is 11.4. The second-order valence-corrected chi connectivity index (χ2v) is 4.65.